The molecule has 0 spiro atoms. The molecule has 3 heteroatoms. The average Bonchev–Trinajstić information content (AvgIpc) is 3.33. The third-order valence-electron chi connectivity index (χ3n) is 15.8. The number of unbranched alkanes of at least 4 members (excludes halogenated alkanes) is 52. The summed E-state index contributed by atoms with van der Waals surface area (Å²) in [6.07, 6.45) is 88.1. The van der Waals surface area contributed by atoms with Crippen molar-refractivity contribution in [2.75, 3.05) is 0 Å². The van der Waals surface area contributed by atoms with Crippen molar-refractivity contribution in [2.45, 2.75) is 413 Å². The van der Waals surface area contributed by atoms with E-state index in [1.54, 1.807) is 0 Å². The Hall–Kier alpha value is 0.660. The van der Waals surface area contributed by atoms with Crippen molar-refractivity contribution >= 4 is 29.6 Å². The van der Waals surface area contributed by atoms with E-state index < -0.39 is 0 Å². The van der Waals surface area contributed by atoms with Gasteiger partial charge in [0, 0.05) is 0 Å². The molecule has 0 saturated carbocycles. The Morgan fingerprint density at radius 3 is 0.333 bits per heavy atom. The van der Waals surface area contributed by atoms with Crippen molar-refractivity contribution in [3.8, 4) is 0 Å². The van der Waals surface area contributed by atoms with Crippen LogP contribution in [0.25, 0.3) is 0 Å². The molecule has 0 aliphatic carbocycles. The van der Waals surface area contributed by atoms with Crippen LogP contribution in [0, 0.1) is 0 Å². The van der Waals surface area contributed by atoms with Gasteiger partial charge in [-0.1, -0.05) is 373 Å². The van der Waals surface area contributed by atoms with E-state index >= 15 is 0 Å². The van der Waals surface area contributed by atoms with Gasteiger partial charge in [-0.25, -0.2) is 0 Å². The van der Waals surface area contributed by atoms with Gasteiger partial charge in [0.2, 0.25) is 0 Å². The molecule has 414 valence electrons. The van der Waals surface area contributed by atoms with Gasteiger partial charge in [-0.3, -0.25) is 0 Å². The standard InChI is InChI=1S/C66H132.2H3N.Na.H/c1-5-9-13-17-21-25-29-33-37-41-45-49-53-57-61-65(62-58-54-50-46-42-38-34-30-26-22-18-14-10-6-2)66(63-59-55-51-47-43-39-35-31-27-23-19-15-11-7-3)64-60-56-52-48-44-40-36-32-28-24-20-16-12-8-4;;;;/h5-64H2,1-4H3;2*1H3;;. The van der Waals surface area contributed by atoms with E-state index in [0.29, 0.717) is 0 Å². The second-order valence-corrected chi connectivity index (χ2v) is 22.6. The third-order valence-corrected chi connectivity index (χ3v) is 15.8. The normalized spacial score (nSPS) is 11.1. The summed E-state index contributed by atoms with van der Waals surface area (Å²) < 4.78 is 0. The van der Waals surface area contributed by atoms with Crippen LogP contribution in [0.4, 0.5) is 0 Å². The molecule has 0 unspecified atom stereocenters. The molecule has 0 rings (SSSR count). The molecular formula is C66H139N2Na. The van der Waals surface area contributed by atoms with E-state index in [-0.39, 0.29) is 41.9 Å². The van der Waals surface area contributed by atoms with E-state index in [1.807, 2.05) is 11.1 Å². The molecular weight excluding hydrogens is 844 g/mol. The maximum absolute atomic E-state index is 2.33. The molecule has 0 aromatic heterocycles. The van der Waals surface area contributed by atoms with Gasteiger partial charge in [0.15, 0.2) is 0 Å². The number of hydrogen-bond donors (Lipinski definition) is 2. The van der Waals surface area contributed by atoms with Gasteiger partial charge in [0.25, 0.3) is 0 Å². The maximum atomic E-state index is 2.33. The summed E-state index contributed by atoms with van der Waals surface area (Å²) in [7, 11) is 0. The first-order valence-corrected chi connectivity index (χ1v) is 32.5. The Kier molecular flexibility index (Phi) is 78.1. The Labute approximate surface area is 462 Å². The van der Waals surface area contributed by atoms with E-state index in [4.69, 9.17) is 0 Å². The van der Waals surface area contributed by atoms with Gasteiger partial charge in [0.1, 0.15) is 0 Å². The van der Waals surface area contributed by atoms with Crippen LogP contribution in [0.3, 0.4) is 0 Å². The zero-order valence-electron chi connectivity index (χ0n) is 48.8. The third kappa shape index (κ3) is 64.7. The molecule has 0 bridgehead atoms. The Morgan fingerprint density at radius 1 is 0.145 bits per heavy atom. The van der Waals surface area contributed by atoms with Crippen LogP contribution in [0.15, 0.2) is 11.1 Å². The predicted octanol–water partition coefficient (Wildman–Crippen LogP) is 25.4. The van der Waals surface area contributed by atoms with E-state index in [9.17, 15) is 0 Å². The fourth-order valence-corrected chi connectivity index (χ4v) is 11.1. The summed E-state index contributed by atoms with van der Waals surface area (Å²) in [5, 5.41) is 0. The minimum atomic E-state index is 0. The van der Waals surface area contributed by atoms with Crippen molar-refractivity contribution in [3.05, 3.63) is 11.1 Å². The van der Waals surface area contributed by atoms with E-state index in [0.717, 1.165) is 0 Å². The summed E-state index contributed by atoms with van der Waals surface area (Å²) in [6, 6.07) is 0. The van der Waals surface area contributed by atoms with Gasteiger partial charge >= 0.3 is 29.6 Å². The van der Waals surface area contributed by atoms with Gasteiger partial charge in [0.05, 0.1) is 0 Å². The average molecular weight is 984 g/mol. The van der Waals surface area contributed by atoms with Gasteiger partial charge in [-0.2, -0.15) is 0 Å². The van der Waals surface area contributed by atoms with Crippen molar-refractivity contribution in [1.29, 1.82) is 0 Å². The van der Waals surface area contributed by atoms with Gasteiger partial charge < -0.3 is 12.3 Å². The van der Waals surface area contributed by atoms with Crippen molar-refractivity contribution in [1.82, 2.24) is 12.3 Å². The zero-order chi connectivity index (χ0) is 47.6. The minimum absolute atomic E-state index is 0. The quantitative estimate of drug-likeness (QED) is 0.0362. The van der Waals surface area contributed by atoms with Crippen LogP contribution in [-0.4, -0.2) is 29.6 Å². The molecule has 0 heterocycles. The van der Waals surface area contributed by atoms with Crippen molar-refractivity contribution in [2.24, 2.45) is 0 Å². The Morgan fingerprint density at radius 2 is 0.232 bits per heavy atom. The Bertz CT molecular complexity index is 748. The van der Waals surface area contributed by atoms with Crippen LogP contribution < -0.4 is 12.3 Å². The molecule has 6 N–H and O–H groups in total. The van der Waals surface area contributed by atoms with Gasteiger partial charge in [-0.15, -0.1) is 0 Å². The first-order chi connectivity index (χ1) is 32.8. The molecule has 0 saturated heterocycles. The van der Waals surface area contributed by atoms with E-state index in [1.165, 1.54) is 385 Å². The van der Waals surface area contributed by atoms with E-state index in [2.05, 4.69) is 27.7 Å². The van der Waals surface area contributed by atoms with Crippen LogP contribution in [0.5, 0.6) is 0 Å². The van der Waals surface area contributed by atoms with Crippen LogP contribution in [0.2, 0.25) is 0 Å². The molecule has 0 aromatic carbocycles. The second kappa shape index (κ2) is 70.7. The molecule has 2 nitrogen and oxygen atoms in total. The summed E-state index contributed by atoms with van der Waals surface area (Å²) in [5.41, 5.74) is 3.94. The number of rotatable bonds is 60. The molecule has 0 fully saturated rings. The number of hydrogen-bond acceptors (Lipinski definition) is 2. The second-order valence-electron chi connectivity index (χ2n) is 22.6. The van der Waals surface area contributed by atoms with Crippen LogP contribution in [0.1, 0.15) is 413 Å². The summed E-state index contributed by atoms with van der Waals surface area (Å²) >= 11 is 0. The zero-order valence-corrected chi connectivity index (χ0v) is 48.8. The molecule has 0 aromatic rings. The first kappa shape index (κ1) is 76.2. The molecule has 0 aliphatic heterocycles. The molecule has 0 amide bonds. The predicted molar refractivity (Wildman–Crippen MR) is 324 cm³/mol. The molecule has 0 radical (unpaired) electrons. The fourth-order valence-electron chi connectivity index (χ4n) is 11.1. The van der Waals surface area contributed by atoms with Crippen molar-refractivity contribution in [3.63, 3.8) is 0 Å². The summed E-state index contributed by atoms with van der Waals surface area (Å²) in [4.78, 5) is 0. The topological polar surface area (TPSA) is 70.0 Å². The van der Waals surface area contributed by atoms with Gasteiger partial charge in [-0.05, 0) is 51.4 Å². The SMILES string of the molecule is CCCCCCCCCCCCCCCCC(CCCCCCCCCCCCCCCC)=C(CCCCCCCCCCCCCCCC)CCCCCCCCCCCCCCCC.N.N.[NaH]. The van der Waals surface area contributed by atoms with Crippen LogP contribution in [-0.2, 0) is 0 Å². The summed E-state index contributed by atoms with van der Waals surface area (Å²) in [6.45, 7) is 9.33. The first-order valence-electron chi connectivity index (χ1n) is 32.5. The Balaban J connectivity index is -0.00000704. The molecule has 0 atom stereocenters. The summed E-state index contributed by atoms with van der Waals surface area (Å²) in [5.74, 6) is 0. The fraction of sp³-hybridized carbons (Fsp3) is 0.970. The van der Waals surface area contributed by atoms with Crippen molar-refractivity contribution < 1.29 is 0 Å². The molecule has 0 aliphatic rings. The van der Waals surface area contributed by atoms with Crippen LogP contribution >= 0.6 is 0 Å². The monoisotopic (exact) mass is 983 g/mol. The number of allylic oxidation sites excluding steroid dienone is 2. The molecule has 69 heavy (non-hydrogen) atoms.